The molecule has 1 aromatic heterocycles. The molecule has 3 aromatic rings. The number of amides is 1. The van der Waals surface area contributed by atoms with Gasteiger partial charge in [0.05, 0.1) is 6.42 Å². The number of hydrogen-bond acceptors (Lipinski definition) is 5. The summed E-state index contributed by atoms with van der Waals surface area (Å²) in [5.41, 5.74) is 7.66. The molecule has 6 nitrogen and oxygen atoms in total. The van der Waals surface area contributed by atoms with Crippen LogP contribution in [0.15, 0.2) is 54.9 Å². The molecule has 1 heterocycles. The van der Waals surface area contributed by atoms with Gasteiger partial charge < -0.3 is 16.0 Å². The third-order valence-corrected chi connectivity index (χ3v) is 6.23. The number of halogens is 3. The second-order valence-electron chi connectivity index (χ2n) is 8.97. The summed E-state index contributed by atoms with van der Waals surface area (Å²) in [4.78, 5) is 21.2. The van der Waals surface area contributed by atoms with Crippen LogP contribution in [0.5, 0.6) is 0 Å². The summed E-state index contributed by atoms with van der Waals surface area (Å²) in [6.07, 6.45) is 4.36. The van der Waals surface area contributed by atoms with Gasteiger partial charge in [-0.2, -0.15) is 4.39 Å². The third-order valence-electron chi connectivity index (χ3n) is 6.23. The van der Waals surface area contributed by atoms with E-state index in [-0.39, 0.29) is 29.7 Å². The molecule has 0 radical (unpaired) electrons. The maximum absolute atomic E-state index is 15.5. The summed E-state index contributed by atoms with van der Waals surface area (Å²) >= 11 is 0. The molecule has 4 rings (SSSR count). The summed E-state index contributed by atoms with van der Waals surface area (Å²) in [5.74, 6) is -3.59. The van der Waals surface area contributed by atoms with Crippen LogP contribution in [0.25, 0.3) is 0 Å². The van der Waals surface area contributed by atoms with Gasteiger partial charge in [-0.05, 0) is 36.0 Å². The Kier molecular flexibility index (Phi) is 7.23. The molecule has 1 aliphatic rings. The third kappa shape index (κ3) is 6.09. The van der Waals surface area contributed by atoms with Gasteiger partial charge in [-0.25, -0.2) is 18.7 Å². The smallest absolute Gasteiger partial charge is 0.270 e. The molecule has 0 atom stereocenters. The van der Waals surface area contributed by atoms with E-state index in [0.717, 1.165) is 42.9 Å². The molecule has 1 aliphatic carbocycles. The fourth-order valence-electron chi connectivity index (χ4n) is 4.02. The lowest BCUT2D eigenvalue weighted by molar-refractivity contribution is -0.117. The molecular formula is C26H28F3N5O. The number of nitrogens with zero attached hydrogens (tertiary/aromatic N) is 3. The van der Waals surface area contributed by atoms with Crippen LogP contribution in [0.3, 0.4) is 0 Å². The van der Waals surface area contributed by atoms with Gasteiger partial charge in [-0.15, -0.1) is 0 Å². The van der Waals surface area contributed by atoms with Crippen LogP contribution in [0.4, 0.5) is 24.8 Å². The Morgan fingerprint density at radius 2 is 1.69 bits per heavy atom. The van der Waals surface area contributed by atoms with Crippen molar-refractivity contribution >= 4 is 17.5 Å². The fourth-order valence-corrected chi connectivity index (χ4v) is 4.02. The van der Waals surface area contributed by atoms with Crippen molar-refractivity contribution in [2.24, 2.45) is 5.73 Å². The highest BCUT2D eigenvalue weighted by Gasteiger charge is 2.30. The number of rotatable bonds is 10. The van der Waals surface area contributed by atoms with Gasteiger partial charge in [0, 0.05) is 31.6 Å². The Hall–Kier alpha value is -3.62. The second kappa shape index (κ2) is 10.3. The van der Waals surface area contributed by atoms with Crippen molar-refractivity contribution in [2.75, 3.05) is 10.2 Å². The minimum Gasteiger partial charge on any atom is -0.369 e. The van der Waals surface area contributed by atoms with Crippen LogP contribution < -0.4 is 16.0 Å². The number of aromatic nitrogens is 2. The molecule has 0 bridgehead atoms. The van der Waals surface area contributed by atoms with E-state index in [9.17, 15) is 13.6 Å². The van der Waals surface area contributed by atoms with Gasteiger partial charge in [-0.3, -0.25) is 4.79 Å². The van der Waals surface area contributed by atoms with E-state index >= 15 is 4.39 Å². The summed E-state index contributed by atoms with van der Waals surface area (Å²) in [7, 11) is 0. The Morgan fingerprint density at radius 3 is 2.26 bits per heavy atom. The average Bonchev–Trinajstić information content (AvgIpc) is 2.77. The molecule has 35 heavy (non-hydrogen) atoms. The van der Waals surface area contributed by atoms with Gasteiger partial charge in [0.2, 0.25) is 11.7 Å². The summed E-state index contributed by atoms with van der Waals surface area (Å²) in [5, 5.41) is 3.02. The van der Waals surface area contributed by atoms with Crippen molar-refractivity contribution in [2.45, 2.75) is 57.7 Å². The summed E-state index contributed by atoms with van der Waals surface area (Å²) in [6, 6.07) is 13.5. The summed E-state index contributed by atoms with van der Waals surface area (Å²) < 4.78 is 42.6. The highest BCUT2D eigenvalue weighted by Crippen LogP contribution is 2.33. The average molecular weight is 484 g/mol. The van der Waals surface area contributed by atoms with Gasteiger partial charge >= 0.3 is 0 Å². The molecule has 184 valence electrons. The number of carbonyl (C=O) groups excluding carboxylic acids is 1. The predicted octanol–water partition coefficient (Wildman–Crippen LogP) is 4.93. The first-order valence-electron chi connectivity index (χ1n) is 11.5. The van der Waals surface area contributed by atoms with E-state index < -0.39 is 17.6 Å². The van der Waals surface area contributed by atoms with Crippen LogP contribution >= 0.6 is 0 Å². The summed E-state index contributed by atoms with van der Waals surface area (Å²) in [6.45, 7) is 1.55. The van der Waals surface area contributed by atoms with Crippen molar-refractivity contribution in [1.82, 2.24) is 9.97 Å². The number of anilines is 2. The SMILES string of the molecule is CC(F)(F)c1ccc(CN(c2ncnc(NCc3ccc(CC(N)=O)cc3)c2F)C2CCC2)cc1. The fraction of sp³-hybridized carbons (Fsp3) is 0.346. The number of benzene rings is 2. The van der Waals surface area contributed by atoms with Crippen molar-refractivity contribution in [3.63, 3.8) is 0 Å². The first-order valence-corrected chi connectivity index (χ1v) is 11.5. The number of hydrogen-bond donors (Lipinski definition) is 2. The topological polar surface area (TPSA) is 84.1 Å². The molecule has 1 amide bonds. The molecule has 0 unspecified atom stereocenters. The Morgan fingerprint density at radius 1 is 1.06 bits per heavy atom. The van der Waals surface area contributed by atoms with Crippen LogP contribution in [0.2, 0.25) is 0 Å². The lowest BCUT2D eigenvalue weighted by Gasteiger charge is -2.38. The molecule has 9 heteroatoms. The van der Waals surface area contributed by atoms with Crippen molar-refractivity contribution in [1.29, 1.82) is 0 Å². The number of carbonyl (C=O) groups is 1. The minimum absolute atomic E-state index is 0.0567. The van der Waals surface area contributed by atoms with Gasteiger partial charge in [0.1, 0.15) is 6.33 Å². The zero-order chi connectivity index (χ0) is 25.0. The van der Waals surface area contributed by atoms with Crippen LogP contribution in [-0.2, 0) is 30.2 Å². The van der Waals surface area contributed by atoms with Crippen molar-refractivity contribution in [3.8, 4) is 0 Å². The van der Waals surface area contributed by atoms with Crippen molar-refractivity contribution < 1.29 is 18.0 Å². The van der Waals surface area contributed by atoms with E-state index in [1.54, 1.807) is 12.1 Å². The van der Waals surface area contributed by atoms with Gasteiger partial charge in [-0.1, -0.05) is 48.5 Å². The van der Waals surface area contributed by atoms with Crippen LogP contribution in [0.1, 0.15) is 48.4 Å². The quantitative estimate of drug-likeness (QED) is 0.427. The van der Waals surface area contributed by atoms with Gasteiger partial charge in [0.15, 0.2) is 11.6 Å². The number of nitrogens with one attached hydrogen (secondary N) is 1. The Bertz CT molecular complexity index is 1160. The highest BCUT2D eigenvalue weighted by atomic mass is 19.3. The monoisotopic (exact) mass is 483 g/mol. The van der Waals surface area contributed by atoms with Gasteiger partial charge in [0.25, 0.3) is 5.92 Å². The zero-order valence-corrected chi connectivity index (χ0v) is 19.5. The highest BCUT2D eigenvalue weighted by molar-refractivity contribution is 5.76. The molecule has 0 spiro atoms. The molecule has 3 N–H and O–H groups in total. The normalized spacial score (nSPS) is 13.8. The standard InChI is InChI=1S/C26H28F3N5O/c1-26(28,29)20-11-9-19(10-12-20)15-34(21-3-2-4-21)25-23(27)24(32-16-33-25)31-14-18-7-5-17(6-8-18)13-22(30)35/h5-12,16,21H,2-4,13-15H2,1H3,(H2,30,35)(H,31,32,33). The van der Waals surface area contributed by atoms with E-state index in [4.69, 9.17) is 5.73 Å². The molecule has 2 aromatic carbocycles. The van der Waals surface area contributed by atoms with Crippen LogP contribution in [0, 0.1) is 5.82 Å². The van der Waals surface area contributed by atoms with E-state index in [1.807, 2.05) is 29.2 Å². The van der Waals surface area contributed by atoms with E-state index in [1.165, 1.54) is 18.5 Å². The first kappa shape index (κ1) is 24.5. The van der Waals surface area contributed by atoms with Crippen LogP contribution in [-0.4, -0.2) is 21.9 Å². The Labute approximate surface area is 202 Å². The lowest BCUT2D eigenvalue weighted by atomic mass is 9.91. The molecule has 1 saturated carbocycles. The second-order valence-corrected chi connectivity index (χ2v) is 8.97. The Balaban J connectivity index is 1.49. The first-order chi connectivity index (χ1) is 16.7. The predicted molar refractivity (Wildman–Crippen MR) is 128 cm³/mol. The largest absolute Gasteiger partial charge is 0.369 e. The number of alkyl halides is 2. The number of nitrogens with two attached hydrogens (primary N) is 1. The lowest BCUT2D eigenvalue weighted by Crippen LogP contribution is -2.41. The minimum atomic E-state index is -2.91. The maximum Gasteiger partial charge on any atom is 0.270 e. The van der Waals surface area contributed by atoms with E-state index in [2.05, 4.69) is 15.3 Å². The molecule has 1 fully saturated rings. The van der Waals surface area contributed by atoms with E-state index in [0.29, 0.717) is 13.1 Å². The molecule has 0 aliphatic heterocycles. The molecule has 0 saturated heterocycles. The molecular weight excluding hydrogens is 455 g/mol. The maximum atomic E-state index is 15.5. The number of primary amides is 1. The zero-order valence-electron chi connectivity index (χ0n) is 19.5. The van der Waals surface area contributed by atoms with Crippen molar-refractivity contribution in [3.05, 3.63) is 82.9 Å².